The van der Waals surface area contributed by atoms with Crippen molar-refractivity contribution < 1.29 is 4.79 Å². The van der Waals surface area contributed by atoms with Crippen LogP contribution in [0.4, 0.5) is 11.4 Å². The third-order valence-corrected chi connectivity index (χ3v) is 3.80. The molecule has 78 valence electrons. The highest BCUT2D eigenvalue weighted by molar-refractivity contribution is 6.09. The first-order valence-corrected chi connectivity index (χ1v) is 5.36. The van der Waals surface area contributed by atoms with Crippen molar-refractivity contribution in [3.63, 3.8) is 0 Å². The zero-order valence-corrected chi connectivity index (χ0v) is 8.55. The maximum Gasteiger partial charge on any atom is 0.171 e. The van der Waals surface area contributed by atoms with Crippen molar-refractivity contribution in [2.24, 2.45) is 5.41 Å². The SMILES string of the molecule is Nc1ccc(N)c2c1CCC1(CC1)C2=O. The minimum absolute atomic E-state index is 0.0606. The van der Waals surface area contributed by atoms with E-state index in [0.29, 0.717) is 16.9 Å². The van der Waals surface area contributed by atoms with Crippen LogP contribution in [0.2, 0.25) is 0 Å². The van der Waals surface area contributed by atoms with Gasteiger partial charge >= 0.3 is 0 Å². The van der Waals surface area contributed by atoms with Crippen molar-refractivity contribution in [2.45, 2.75) is 25.7 Å². The second-order valence-electron chi connectivity index (χ2n) is 4.71. The van der Waals surface area contributed by atoms with Crippen LogP contribution in [0.15, 0.2) is 12.1 Å². The Labute approximate surface area is 88.5 Å². The van der Waals surface area contributed by atoms with Crippen LogP contribution in [0.3, 0.4) is 0 Å². The lowest BCUT2D eigenvalue weighted by molar-refractivity contribution is 0.0881. The fourth-order valence-electron chi connectivity index (χ4n) is 2.59. The summed E-state index contributed by atoms with van der Waals surface area (Å²) in [7, 11) is 0. The van der Waals surface area contributed by atoms with E-state index in [1.165, 1.54) is 0 Å². The fraction of sp³-hybridized carbons (Fsp3) is 0.417. The molecule has 0 radical (unpaired) electrons. The average Bonchev–Trinajstić information content (AvgIpc) is 2.98. The van der Waals surface area contributed by atoms with Crippen molar-refractivity contribution >= 4 is 17.2 Å². The Morgan fingerprint density at radius 3 is 2.40 bits per heavy atom. The second-order valence-corrected chi connectivity index (χ2v) is 4.71. The summed E-state index contributed by atoms with van der Waals surface area (Å²) in [6, 6.07) is 3.54. The summed E-state index contributed by atoms with van der Waals surface area (Å²) in [6.07, 6.45) is 3.91. The van der Waals surface area contributed by atoms with Crippen LogP contribution in [0.1, 0.15) is 35.2 Å². The summed E-state index contributed by atoms with van der Waals surface area (Å²) < 4.78 is 0. The van der Waals surface area contributed by atoms with Crippen molar-refractivity contribution in [1.82, 2.24) is 0 Å². The molecule has 1 saturated carbocycles. The highest BCUT2D eigenvalue weighted by atomic mass is 16.1. The maximum atomic E-state index is 12.2. The Balaban J connectivity index is 2.22. The van der Waals surface area contributed by atoms with Crippen LogP contribution in [0.5, 0.6) is 0 Å². The molecule has 1 aromatic carbocycles. The third kappa shape index (κ3) is 1.03. The Morgan fingerprint density at radius 1 is 1.07 bits per heavy atom. The van der Waals surface area contributed by atoms with Gasteiger partial charge in [-0.2, -0.15) is 0 Å². The summed E-state index contributed by atoms with van der Waals surface area (Å²) >= 11 is 0. The predicted octanol–water partition coefficient (Wildman–Crippen LogP) is 1.76. The van der Waals surface area contributed by atoms with Gasteiger partial charge in [-0.25, -0.2) is 0 Å². The Hall–Kier alpha value is -1.51. The average molecular weight is 202 g/mol. The molecule has 3 heteroatoms. The van der Waals surface area contributed by atoms with Gasteiger partial charge < -0.3 is 11.5 Å². The van der Waals surface area contributed by atoms with Gasteiger partial charge in [0, 0.05) is 22.4 Å². The zero-order valence-electron chi connectivity index (χ0n) is 8.55. The van der Waals surface area contributed by atoms with Crippen molar-refractivity contribution in [3.05, 3.63) is 23.3 Å². The monoisotopic (exact) mass is 202 g/mol. The number of hydrogen-bond donors (Lipinski definition) is 2. The predicted molar refractivity (Wildman–Crippen MR) is 59.6 cm³/mol. The van der Waals surface area contributed by atoms with Crippen LogP contribution in [-0.4, -0.2) is 5.78 Å². The molecule has 2 aliphatic rings. The minimum atomic E-state index is -0.0606. The number of rotatable bonds is 0. The van der Waals surface area contributed by atoms with Crippen LogP contribution in [0.25, 0.3) is 0 Å². The molecule has 1 spiro atoms. The Morgan fingerprint density at radius 2 is 1.73 bits per heavy atom. The summed E-state index contributed by atoms with van der Waals surface area (Å²) in [6.45, 7) is 0. The van der Waals surface area contributed by atoms with Crippen molar-refractivity contribution in [3.8, 4) is 0 Å². The van der Waals surface area contributed by atoms with E-state index < -0.39 is 0 Å². The molecule has 2 aliphatic carbocycles. The number of nitrogen functional groups attached to an aromatic ring is 2. The van der Waals surface area contributed by atoms with Crippen LogP contribution in [0, 0.1) is 5.41 Å². The van der Waals surface area contributed by atoms with E-state index in [-0.39, 0.29) is 11.2 Å². The third-order valence-electron chi connectivity index (χ3n) is 3.80. The highest BCUT2D eigenvalue weighted by Gasteiger charge is 2.52. The molecular weight excluding hydrogens is 188 g/mol. The Kier molecular flexibility index (Phi) is 1.48. The molecule has 15 heavy (non-hydrogen) atoms. The number of anilines is 2. The van der Waals surface area contributed by atoms with Crippen molar-refractivity contribution in [1.29, 1.82) is 0 Å². The molecule has 0 bridgehead atoms. The topological polar surface area (TPSA) is 69.1 Å². The van der Waals surface area contributed by atoms with E-state index in [4.69, 9.17) is 11.5 Å². The fourth-order valence-corrected chi connectivity index (χ4v) is 2.59. The number of benzene rings is 1. The summed E-state index contributed by atoms with van der Waals surface area (Å²) in [5.41, 5.74) is 14.7. The lowest BCUT2D eigenvalue weighted by Crippen LogP contribution is -2.26. The van der Waals surface area contributed by atoms with E-state index in [9.17, 15) is 4.79 Å². The second kappa shape index (κ2) is 2.54. The summed E-state index contributed by atoms with van der Waals surface area (Å²) in [4.78, 5) is 12.2. The number of Topliss-reactive ketones (excluding diaryl/α,β-unsaturated/α-hetero) is 1. The number of carbonyl (C=O) groups is 1. The summed E-state index contributed by atoms with van der Waals surface area (Å²) in [5, 5.41) is 0. The minimum Gasteiger partial charge on any atom is -0.398 e. The van der Waals surface area contributed by atoms with E-state index in [2.05, 4.69) is 0 Å². The van der Waals surface area contributed by atoms with Gasteiger partial charge in [0.1, 0.15) is 0 Å². The highest BCUT2D eigenvalue weighted by Crippen LogP contribution is 2.55. The number of carbonyl (C=O) groups excluding carboxylic acids is 1. The van der Waals surface area contributed by atoms with Gasteiger partial charge in [0.2, 0.25) is 0 Å². The van der Waals surface area contributed by atoms with Gasteiger partial charge in [-0.15, -0.1) is 0 Å². The number of nitrogens with two attached hydrogens (primary N) is 2. The standard InChI is InChI=1S/C12H14N2O/c13-8-1-2-9(14)10-7(8)3-4-12(5-6-12)11(10)15/h1-2H,3-6,13-14H2. The molecule has 0 atom stereocenters. The first-order chi connectivity index (χ1) is 7.14. The number of ketones is 1. The van der Waals surface area contributed by atoms with E-state index in [0.717, 1.165) is 31.2 Å². The molecule has 1 aromatic rings. The first kappa shape index (κ1) is 8.77. The molecule has 0 amide bonds. The number of hydrogen-bond acceptors (Lipinski definition) is 3. The molecule has 3 rings (SSSR count). The van der Waals surface area contributed by atoms with E-state index in [1.54, 1.807) is 12.1 Å². The molecular formula is C12H14N2O. The molecule has 0 unspecified atom stereocenters. The van der Waals surface area contributed by atoms with Gasteiger partial charge in [-0.1, -0.05) is 0 Å². The number of fused-ring (bicyclic) bond motifs is 1. The molecule has 0 aliphatic heterocycles. The van der Waals surface area contributed by atoms with Gasteiger partial charge in [-0.05, 0) is 43.4 Å². The molecule has 4 N–H and O–H groups in total. The summed E-state index contributed by atoms with van der Waals surface area (Å²) in [5.74, 6) is 0.230. The van der Waals surface area contributed by atoms with Gasteiger partial charge in [0.25, 0.3) is 0 Å². The first-order valence-electron chi connectivity index (χ1n) is 5.36. The lowest BCUT2D eigenvalue weighted by atomic mass is 9.79. The van der Waals surface area contributed by atoms with Crippen LogP contribution < -0.4 is 11.5 Å². The van der Waals surface area contributed by atoms with Gasteiger partial charge in [0.05, 0.1) is 0 Å². The maximum absolute atomic E-state index is 12.2. The van der Waals surface area contributed by atoms with E-state index >= 15 is 0 Å². The van der Waals surface area contributed by atoms with Gasteiger partial charge in [0.15, 0.2) is 5.78 Å². The molecule has 0 saturated heterocycles. The van der Waals surface area contributed by atoms with E-state index in [1.807, 2.05) is 0 Å². The zero-order chi connectivity index (χ0) is 10.6. The normalized spacial score (nSPS) is 21.5. The Bertz CT molecular complexity index is 461. The molecule has 1 fully saturated rings. The largest absolute Gasteiger partial charge is 0.398 e. The van der Waals surface area contributed by atoms with Gasteiger partial charge in [-0.3, -0.25) is 4.79 Å². The molecule has 0 heterocycles. The quantitative estimate of drug-likeness (QED) is 0.630. The molecule has 0 aromatic heterocycles. The van der Waals surface area contributed by atoms with Crippen LogP contribution >= 0.6 is 0 Å². The lowest BCUT2D eigenvalue weighted by Gasteiger charge is -2.25. The van der Waals surface area contributed by atoms with Crippen LogP contribution in [-0.2, 0) is 6.42 Å². The smallest absolute Gasteiger partial charge is 0.171 e. The molecule has 3 nitrogen and oxygen atoms in total. The van der Waals surface area contributed by atoms with Crippen molar-refractivity contribution in [2.75, 3.05) is 11.5 Å².